The number of carbonyl (C=O) groups excluding carboxylic acids is 1. The van der Waals surface area contributed by atoms with E-state index in [4.69, 9.17) is 0 Å². The van der Waals surface area contributed by atoms with Crippen molar-refractivity contribution in [1.82, 2.24) is 9.97 Å². The van der Waals surface area contributed by atoms with E-state index in [1.807, 2.05) is 38.2 Å². The van der Waals surface area contributed by atoms with Crippen LogP contribution in [0.25, 0.3) is 21.9 Å². The second-order valence-electron chi connectivity index (χ2n) is 7.24. The van der Waals surface area contributed by atoms with Crippen molar-refractivity contribution in [3.05, 3.63) is 54.0 Å². The molecule has 5 nitrogen and oxygen atoms in total. The summed E-state index contributed by atoms with van der Waals surface area (Å²) in [4.78, 5) is 20.7. The molecule has 27 heavy (non-hydrogen) atoms. The van der Waals surface area contributed by atoms with Crippen molar-refractivity contribution in [2.75, 3.05) is 5.32 Å². The molecule has 1 aromatic carbocycles. The monoisotopic (exact) mass is 361 g/mol. The van der Waals surface area contributed by atoms with Gasteiger partial charge < -0.3 is 10.4 Å². The van der Waals surface area contributed by atoms with Crippen LogP contribution in [0.5, 0.6) is 0 Å². The Hall–Kier alpha value is -2.79. The first-order chi connectivity index (χ1) is 13.0. The van der Waals surface area contributed by atoms with Crippen LogP contribution in [0.4, 0.5) is 5.82 Å². The fourth-order valence-electron chi connectivity index (χ4n) is 3.22. The normalized spacial score (nSPS) is 14.9. The Labute approximate surface area is 158 Å². The Morgan fingerprint density at radius 3 is 2.70 bits per heavy atom. The van der Waals surface area contributed by atoms with Gasteiger partial charge in [-0.3, -0.25) is 9.78 Å². The van der Waals surface area contributed by atoms with Gasteiger partial charge >= 0.3 is 0 Å². The molecule has 0 spiro atoms. The highest BCUT2D eigenvalue weighted by Gasteiger charge is 2.29. The summed E-state index contributed by atoms with van der Waals surface area (Å²) in [5.74, 6) is 0.826. The van der Waals surface area contributed by atoms with Crippen molar-refractivity contribution < 1.29 is 9.90 Å². The number of aliphatic hydroxyl groups is 1. The van der Waals surface area contributed by atoms with E-state index in [1.54, 1.807) is 6.20 Å². The lowest BCUT2D eigenvalue weighted by Crippen LogP contribution is -2.14. The number of aliphatic hydroxyl groups excluding tert-OH is 1. The molecular weight excluding hydrogens is 338 g/mol. The molecule has 5 heteroatoms. The highest BCUT2D eigenvalue weighted by Crippen LogP contribution is 2.31. The third kappa shape index (κ3) is 3.69. The van der Waals surface area contributed by atoms with Gasteiger partial charge in [-0.05, 0) is 60.9 Å². The number of rotatable bonds is 5. The van der Waals surface area contributed by atoms with E-state index in [-0.39, 0.29) is 11.8 Å². The maximum atomic E-state index is 11.9. The van der Waals surface area contributed by atoms with Crippen molar-refractivity contribution in [3.63, 3.8) is 0 Å². The summed E-state index contributed by atoms with van der Waals surface area (Å²) in [5, 5.41) is 14.9. The summed E-state index contributed by atoms with van der Waals surface area (Å²) < 4.78 is 0. The van der Waals surface area contributed by atoms with Crippen LogP contribution in [0.2, 0.25) is 0 Å². The number of carbonyl (C=O) groups is 1. The SMILES string of the molecule is CC[C@@H](O)c1cc(C)c(-c2ccc3cc(NC(=O)C4CC4)ncc3c2)cn1. The molecule has 0 radical (unpaired) electrons. The fourth-order valence-corrected chi connectivity index (χ4v) is 3.22. The summed E-state index contributed by atoms with van der Waals surface area (Å²) >= 11 is 0. The highest BCUT2D eigenvalue weighted by molar-refractivity contribution is 5.96. The minimum absolute atomic E-state index is 0.0644. The molecule has 1 fully saturated rings. The van der Waals surface area contributed by atoms with Gasteiger partial charge in [0, 0.05) is 29.3 Å². The van der Waals surface area contributed by atoms with E-state index in [9.17, 15) is 9.90 Å². The first-order valence-corrected chi connectivity index (χ1v) is 9.41. The summed E-state index contributed by atoms with van der Waals surface area (Å²) in [7, 11) is 0. The zero-order valence-electron chi connectivity index (χ0n) is 15.6. The third-order valence-corrected chi connectivity index (χ3v) is 5.09. The molecule has 0 aliphatic heterocycles. The Morgan fingerprint density at radius 2 is 2.00 bits per heavy atom. The summed E-state index contributed by atoms with van der Waals surface area (Å²) in [5.41, 5.74) is 3.88. The Morgan fingerprint density at radius 1 is 1.19 bits per heavy atom. The molecular formula is C22H23N3O2. The minimum atomic E-state index is -0.525. The van der Waals surface area contributed by atoms with Gasteiger partial charge in [0.1, 0.15) is 5.82 Å². The number of anilines is 1. The molecule has 2 heterocycles. The average molecular weight is 361 g/mol. The minimum Gasteiger partial charge on any atom is -0.387 e. The Bertz CT molecular complexity index is 1010. The van der Waals surface area contributed by atoms with Crippen LogP contribution >= 0.6 is 0 Å². The van der Waals surface area contributed by atoms with Gasteiger partial charge in [0.05, 0.1) is 11.8 Å². The molecule has 138 valence electrons. The van der Waals surface area contributed by atoms with Gasteiger partial charge in [0.2, 0.25) is 5.91 Å². The predicted molar refractivity (Wildman–Crippen MR) is 106 cm³/mol. The van der Waals surface area contributed by atoms with E-state index >= 15 is 0 Å². The van der Waals surface area contributed by atoms with Crippen molar-refractivity contribution in [1.29, 1.82) is 0 Å². The lowest BCUT2D eigenvalue weighted by atomic mass is 9.99. The number of nitrogens with one attached hydrogen (secondary N) is 1. The Kier molecular flexibility index (Phi) is 4.62. The van der Waals surface area contributed by atoms with Crippen LogP contribution in [-0.2, 0) is 4.79 Å². The molecule has 0 unspecified atom stereocenters. The summed E-state index contributed by atoms with van der Waals surface area (Å²) in [6.07, 6.45) is 5.69. The lowest BCUT2D eigenvalue weighted by Gasteiger charge is -2.12. The van der Waals surface area contributed by atoms with E-state index in [2.05, 4.69) is 27.4 Å². The van der Waals surface area contributed by atoms with Gasteiger partial charge in [-0.1, -0.05) is 19.1 Å². The molecule has 1 amide bonds. The largest absolute Gasteiger partial charge is 0.387 e. The number of benzene rings is 1. The van der Waals surface area contributed by atoms with E-state index in [0.717, 1.165) is 40.3 Å². The number of aromatic nitrogens is 2. The third-order valence-electron chi connectivity index (χ3n) is 5.09. The zero-order valence-corrected chi connectivity index (χ0v) is 15.6. The number of hydrogen-bond donors (Lipinski definition) is 2. The molecule has 2 aromatic heterocycles. The molecule has 3 aromatic rings. The molecule has 2 N–H and O–H groups in total. The number of aryl methyl sites for hydroxylation is 1. The smallest absolute Gasteiger partial charge is 0.228 e. The number of fused-ring (bicyclic) bond motifs is 1. The number of amides is 1. The van der Waals surface area contributed by atoms with Gasteiger partial charge in [0.25, 0.3) is 0 Å². The van der Waals surface area contributed by atoms with Crippen LogP contribution in [-0.4, -0.2) is 21.0 Å². The van der Waals surface area contributed by atoms with Crippen LogP contribution in [0, 0.1) is 12.8 Å². The lowest BCUT2D eigenvalue weighted by molar-refractivity contribution is -0.117. The maximum absolute atomic E-state index is 11.9. The fraction of sp³-hybridized carbons (Fsp3) is 0.318. The Balaban J connectivity index is 1.62. The van der Waals surface area contributed by atoms with Crippen molar-refractivity contribution in [2.24, 2.45) is 5.92 Å². The molecule has 1 saturated carbocycles. The molecule has 1 aliphatic rings. The first-order valence-electron chi connectivity index (χ1n) is 9.41. The first kappa shape index (κ1) is 17.6. The number of hydrogen-bond acceptors (Lipinski definition) is 4. The van der Waals surface area contributed by atoms with Crippen molar-refractivity contribution in [2.45, 2.75) is 39.2 Å². The van der Waals surface area contributed by atoms with Crippen molar-refractivity contribution >= 4 is 22.5 Å². The van der Waals surface area contributed by atoms with E-state index in [0.29, 0.717) is 17.9 Å². The van der Waals surface area contributed by atoms with Gasteiger partial charge in [0.15, 0.2) is 0 Å². The molecule has 4 rings (SSSR count). The quantitative estimate of drug-likeness (QED) is 0.706. The molecule has 1 aliphatic carbocycles. The molecule has 0 bridgehead atoms. The topological polar surface area (TPSA) is 75.1 Å². The number of pyridine rings is 2. The molecule has 1 atom stereocenters. The maximum Gasteiger partial charge on any atom is 0.228 e. The summed E-state index contributed by atoms with van der Waals surface area (Å²) in [6, 6.07) is 10.0. The summed E-state index contributed by atoms with van der Waals surface area (Å²) in [6.45, 7) is 3.97. The second kappa shape index (κ2) is 7.08. The van der Waals surface area contributed by atoms with Crippen LogP contribution in [0.3, 0.4) is 0 Å². The zero-order chi connectivity index (χ0) is 19.0. The van der Waals surface area contributed by atoms with Gasteiger partial charge in [-0.25, -0.2) is 4.98 Å². The van der Waals surface area contributed by atoms with Crippen molar-refractivity contribution in [3.8, 4) is 11.1 Å². The van der Waals surface area contributed by atoms with Crippen LogP contribution in [0.1, 0.15) is 43.5 Å². The van der Waals surface area contributed by atoms with Crippen LogP contribution < -0.4 is 5.32 Å². The number of nitrogens with zero attached hydrogens (tertiary/aromatic N) is 2. The average Bonchev–Trinajstić information content (AvgIpc) is 3.52. The van der Waals surface area contributed by atoms with Gasteiger partial charge in [-0.15, -0.1) is 0 Å². The van der Waals surface area contributed by atoms with Crippen LogP contribution in [0.15, 0.2) is 42.7 Å². The highest BCUT2D eigenvalue weighted by atomic mass is 16.3. The molecule has 0 saturated heterocycles. The van der Waals surface area contributed by atoms with Gasteiger partial charge in [-0.2, -0.15) is 0 Å². The standard InChI is InChI=1S/C22H23N3O2/c1-3-20(26)19-8-13(2)18(12-23-19)16-7-6-15-10-21(24-11-17(15)9-16)25-22(27)14-4-5-14/h6-12,14,20,26H,3-5H2,1-2H3,(H,24,25,27)/t20-/m1/s1. The van der Waals surface area contributed by atoms with E-state index in [1.165, 1.54) is 0 Å². The predicted octanol–water partition coefficient (Wildman–Crippen LogP) is 4.40. The van der Waals surface area contributed by atoms with E-state index < -0.39 is 6.10 Å². The second-order valence-corrected chi connectivity index (χ2v) is 7.24.